The molecule has 4 nitrogen and oxygen atoms in total. The number of ether oxygens (including phenoxy) is 1. The summed E-state index contributed by atoms with van der Waals surface area (Å²) in [6.07, 6.45) is 0.566. The molecule has 0 aromatic heterocycles. The molecule has 0 N–H and O–H groups in total. The summed E-state index contributed by atoms with van der Waals surface area (Å²) in [5, 5.41) is 0. The largest absolute Gasteiger partial charge is 0.463 e. The van der Waals surface area contributed by atoms with Crippen LogP contribution < -0.4 is 0 Å². The number of rotatable bonds is 3. The van der Waals surface area contributed by atoms with Crippen molar-refractivity contribution in [2.24, 2.45) is 0 Å². The van der Waals surface area contributed by atoms with E-state index in [2.05, 4.69) is 0 Å². The van der Waals surface area contributed by atoms with Crippen molar-refractivity contribution in [3.8, 4) is 0 Å². The molecule has 1 unspecified atom stereocenters. The van der Waals surface area contributed by atoms with Crippen molar-refractivity contribution in [1.82, 2.24) is 4.90 Å². The van der Waals surface area contributed by atoms with Crippen molar-refractivity contribution in [1.29, 1.82) is 0 Å². The van der Waals surface area contributed by atoms with Crippen LogP contribution in [0.4, 0.5) is 0 Å². The second-order valence-electron chi connectivity index (χ2n) is 2.62. The van der Waals surface area contributed by atoms with Gasteiger partial charge in [0, 0.05) is 13.0 Å². The molecule has 68 valence electrons. The van der Waals surface area contributed by atoms with Gasteiger partial charge in [-0.05, 0) is 0 Å². The average molecular weight is 192 g/mol. The molecule has 1 aliphatic rings. The van der Waals surface area contributed by atoms with Crippen LogP contribution in [0, 0.1) is 0 Å². The van der Waals surface area contributed by atoms with Gasteiger partial charge in [0.15, 0.2) is 0 Å². The third-order valence-electron chi connectivity index (χ3n) is 1.86. The quantitative estimate of drug-likeness (QED) is 0.466. The number of alkyl halides is 1. The fourth-order valence-corrected chi connectivity index (χ4v) is 1.40. The van der Waals surface area contributed by atoms with E-state index in [4.69, 9.17) is 16.3 Å². The third-order valence-corrected chi connectivity index (χ3v) is 2.09. The van der Waals surface area contributed by atoms with Gasteiger partial charge in [-0.25, -0.2) is 0 Å². The van der Waals surface area contributed by atoms with Gasteiger partial charge in [-0.15, -0.1) is 11.6 Å². The molecular weight excluding hydrogens is 182 g/mol. The SMILES string of the molecule is O=COC1CCN(C(=O)CCl)C1. The van der Waals surface area contributed by atoms with Crippen LogP contribution in [0.5, 0.6) is 0 Å². The molecule has 0 saturated carbocycles. The number of likely N-dealkylation sites (tertiary alicyclic amines) is 1. The molecule has 1 heterocycles. The summed E-state index contributed by atoms with van der Waals surface area (Å²) in [6.45, 7) is 1.52. The number of hydrogen-bond acceptors (Lipinski definition) is 3. The fourth-order valence-electron chi connectivity index (χ4n) is 1.23. The number of hydrogen-bond donors (Lipinski definition) is 0. The molecule has 12 heavy (non-hydrogen) atoms. The van der Waals surface area contributed by atoms with E-state index in [0.29, 0.717) is 26.0 Å². The molecule has 1 atom stereocenters. The van der Waals surface area contributed by atoms with Gasteiger partial charge >= 0.3 is 0 Å². The lowest BCUT2D eigenvalue weighted by molar-refractivity contribution is -0.135. The Morgan fingerprint density at radius 3 is 3.08 bits per heavy atom. The molecule has 1 saturated heterocycles. The number of halogens is 1. The molecule has 0 radical (unpaired) electrons. The van der Waals surface area contributed by atoms with Crippen molar-refractivity contribution in [2.75, 3.05) is 19.0 Å². The first-order valence-electron chi connectivity index (χ1n) is 3.70. The van der Waals surface area contributed by atoms with Crippen LogP contribution in [-0.4, -0.2) is 42.4 Å². The highest BCUT2D eigenvalue weighted by molar-refractivity contribution is 6.27. The highest BCUT2D eigenvalue weighted by atomic mass is 35.5. The monoisotopic (exact) mass is 191 g/mol. The Morgan fingerprint density at radius 1 is 1.75 bits per heavy atom. The lowest BCUT2D eigenvalue weighted by Crippen LogP contribution is -2.30. The predicted octanol–water partition coefficient (Wildman–Crippen LogP) is -0.000900. The number of nitrogens with zero attached hydrogens (tertiary/aromatic N) is 1. The van der Waals surface area contributed by atoms with E-state index in [1.54, 1.807) is 4.90 Å². The van der Waals surface area contributed by atoms with Crippen molar-refractivity contribution in [2.45, 2.75) is 12.5 Å². The molecule has 1 aliphatic heterocycles. The van der Waals surface area contributed by atoms with Crippen LogP contribution in [0.2, 0.25) is 0 Å². The average Bonchev–Trinajstić information content (AvgIpc) is 2.52. The zero-order valence-electron chi connectivity index (χ0n) is 6.53. The minimum atomic E-state index is -0.144. The van der Waals surface area contributed by atoms with E-state index in [1.807, 2.05) is 0 Å². The Hall–Kier alpha value is -0.770. The molecule has 0 bridgehead atoms. The van der Waals surface area contributed by atoms with Crippen molar-refractivity contribution in [3.05, 3.63) is 0 Å². The Labute approximate surface area is 75.4 Å². The van der Waals surface area contributed by atoms with Crippen LogP contribution in [0.25, 0.3) is 0 Å². The second-order valence-corrected chi connectivity index (χ2v) is 2.88. The molecule has 1 fully saturated rings. The predicted molar refractivity (Wildman–Crippen MR) is 42.9 cm³/mol. The number of amides is 1. The lowest BCUT2D eigenvalue weighted by Gasteiger charge is -2.13. The third kappa shape index (κ3) is 2.11. The van der Waals surface area contributed by atoms with Crippen LogP contribution >= 0.6 is 11.6 Å². The van der Waals surface area contributed by atoms with E-state index in [9.17, 15) is 9.59 Å². The van der Waals surface area contributed by atoms with Crippen LogP contribution in [0.1, 0.15) is 6.42 Å². The van der Waals surface area contributed by atoms with Gasteiger partial charge in [0.25, 0.3) is 6.47 Å². The molecule has 0 aromatic carbocycles. The van der Waals surface area contributed by atoms with E-state index >= 15 is 0 Å². The van der Waals surface area contributed by atoms with Gasteiger partial charge in [0.05, 0.1) is 6.54 Å². The summed E-state index contributed by atoms with van der Waals surface area (Å²) in [6, 6.07) is 0. The first kappa shape index (κ1) is 9.32. The summed E-state index contributed by atoms with van der Waals surface area (Å²) in [5.74, 6) is -0.109. The highest BCUT2D eigenvalue weighted by Gasteiger charge is 2.26. The van der Waals surface area contributed by atoms with Gasteiger partial charge in [-0.2, -0.15) is 0 Å². The smallest absolute Gasteiger partial charge is 0.293 e. The molecule has 1 amide bonds. The van der Waals surface area contributed by atoms with Crippen molar-refractivity contribution in [3.63, 3.8) is 0 Å². The zero-order chi connectivity index (χ0) is 8.97. The fraction of sp³-hybridized carbons (Fsp3) is 0.714. The number of carbonyl (C=O) groups excluding carboxylic acids is 2. The maximum atomic E-state index is 11.0. The summed E-state index contributed by atoms with van der Waals surface area (Å²) in [7, 11) is 0. The highest BCUT2D eigenvalue weighted by Crippen LogP contribution is 2.11. The maximum Gasteiger partial charge on any atom is 0.293 e. The lowest BCUT2D eigenvalue weighted by atomic mass is 10.3. The maximum absolute atomic E-state index is 11.0. The van der Waals surface area contributed by atoms with Crippen LogP contribution in [0.3, 0.4) is 0 Å². The van der Waals surface area contributed by atoms with Gasteiger partial charge in [0.1, 0.15) is 12.0 Å². The zero-order valence-corrected chi connectivity index (χ0v) is 7.29. The van der Waals surface area contributed by atoms with Crippen LogP contribution in [0.15, 0.2) is 0 Å². The standard InChI is InChI=1S/C7H10ClNO3/c8-3-7(11)9-2-1-6(4-9)12-5-10/h5-6H,1-4H2. The van der Waals surface area contributed by atoms with E-state index in [0.717, 1.165) is 0 Å². The molecule has 1 rings (SSSR count). The summed E-state index contributed by atoms with van der Waals surface area (Å²) >= 11 is 5.36. The molecule has 0 spiro atoms. The first-order chi connectivity index (χ1) is 5.77. The number of carbonyl (C=O) groups is 2. The van der Waals surface area contributed by atoms with Gasteiger partial charge < -0.3 is 9.64 Å². The Balaban J connectivity index is 2.34. The van der Waals surface area contributed by atoms with Gasteiger partial charge in [-0.1, -0.05) is 0 Å². The molecular formula is C7H10ClNO3. The van der Waals surface area contributed by atoms with Crippen molar-refractivity contribution < 1.29 is 14.3 Å². The normalized spacial score (nSPS) is 22.4. The van der Waals surface area contributed by atoms with Gasteiger partial charge in [-0.3, -0.25) is 9.59 Å². The van der Waals surface area contributed by atoms with Crippen LogP contribution in [-0.2, 0) is 14.3 Å². The summed E-state index contributed by atoms with van der Waals surface area (Å²) < 4.78 is 4.71. The molecule has 5 heteroatoms. The minimum Gasteiger partial charge on any atom is -0.463 e. The van der Waals surface area contributed by atoms with Crippen molar-refractivity contribution >= 4 is 24.0 Å². The first-order valence-corrected chi connectivity index (χ1v) is 4.24. The Bertz CT molecular complexity index is 185. The Kier molecular flexibility index (Phi) is 3.34. The van der Waals surface area contributed by atoms with E-state index in [-0.39, 0.29) is 17.9 Å². The topological polar surface area (TPSA) is 46.6 Å². The molecule has 0 aliphatic carbocycles. The molecule has 0 aromatic rings. The van der Waals surface area contributed by atoms with Gasteiger partial charge in [0.2, 0.25) is 5.91 Å². The minimum absolute atomic E-state index is 0.00614. The second kappa shape index (κ2) is 4.30. The Morgan fingerprint density at radius 2 is 2.50 bits per heavy atom. The van der Waals surface area contributed by atoms with E-state index in [1.165, 1.54) is 0 Å². The summed E-state index contributed by atoms with van der Waals surface area (Å²) in [4.78, 5) is 22.6. The summed E-state index contributed by atoms with van der Waals surface area (Å²) in [5.41, 5.74) is 0. The van der Waals surface area contributed by atoms with E-state index < -0.39 is 0 Å².